The van der Waals surface area contributed by atoms with Crippen molar-refractivity contribution in [1.82, 2.24) is 4.98 Å². The van der Waals surface area contributed by atoms with Crippen LogP contribution >= 0.6 is 0 Å². The number of hydrogen-bond donors (Lipinski definition) is 3. The normalized spacial score (nSPS) is 11.9. The summed E-state index contributed by atoms with van der Waals surface area (Å²) < 4.78 is 0. The first-order valence-electron chi connectivity index (χ1n) is 7.64. The zero-order valence-corrected chi connectivity index (χ0v) is 13.3. The Kier molecular flexibility index (Phi) is 4.67. The highest BCUT2D eigenvalue weighted by Gasteiger charge is 2.21. The maximum atomic E-state index is 12.0. The molecule has 0 spiro atoms. The van der Waals surface area contributed by atoms with Gasteiger partial charge in [-0.2, -0.15) is 0 Å². The van der Waals surface area contributed by atoms with Gasteiger partial charge in [-0.3, -0.25) is 0 Å². The molecule has 1 aromatic heterocycles. The van der Waals surface area contributed by atoms with Gasteiger partial charge in [0.05, 0.1) is 5.56 Å². The monoisotopic (exact) mass is 339 g/mol. The van der Waals surface area contributed by atoms with E-state index in [9.17, 15) is 9.59 Å². The van der Waals surface area contributed by atoms with Crippen LogP contribution in [0.15, 0.2) is 54.7 Å². The summed E-state index contributed by atoms with van der Waals surface area (Å²) in [6.45, 7) is 0. The first kappa shape index (κ1) is 16.5. The summed E-state index contributed by atoms with van der Waals surface area (Å²) in [5.41, 5.74) is 13.7. The van der Waals surface area contributed by atoms with Gasteiger partial charge in [0.15, 0.2) is 0 Å². The van der Waals surface area contributed by atoms with Crippen LogP contribution in [0.1, 0.15) is 15.9 Å². The fourth-order valence-electron chi connectivity index (χ4n) is 2.49. The van der Waals surface area contributed by atoms with Crippen LogP contribution in [-0.2, 0) is 21.0 Å². The van der Waals surface area contributed by atoms with Crippen molar-refractivity contribution in [2.24, 2.45) is 5.73 Å². The summed E-state index contributed by atoms with van der Waals surface area (Å²) in [6.07, 6.45) is 2.03. The molecule has 0 fully saturated rings. The molecule has 7 heteroatoms. The van der Waals surface area contributed by atoms with Crippen molar-refractivity contribution in [1.29, 1.82) is 0 Å². The minimum absolute atomic E-state index is 0.112. The third kappa shape index (κ3) is 3.61. The van der Waals surface area contributed by atoms with Crippen LogP contribution in [0, 0.1) is 0 Å². The highest BCUT2D eigenvalue weighted by molar-refractivity contribution is 5.95. The summed E-state index contributed by atoms with van der Waals surface area (Å²) in [6, 6.07) is 13.0. The second-order valence-electron chi connectivity index (χ2n) is 5.53. The fraction of sp³-hybridized carbons (Fsp3) is 0.111. The summed E-state index contributed by atoms with van der Waals surface area (Å²) in [5, 5.41) is 0.972. The Morgan fingerprint density at radius 1 is 1.04 bits per heavy atom. The second kappa shape index (κ2) is 7.06. The van der Waals surface area contributed by atoms with E-state index in [1.54, 1.807) is 24.4 Å². The van der Waals surface area contributed by atoms with Gasteiger partial charge in [-0.25, -0.2) is 19.4 Å². The molecule has 3 aromatic rings. The smallest absolute Gasteiger partial charge is 0.388 e. The number of H-pyrrole nitrogens is 1. The van der Waals surface area contributed by atoms with Crippen molar-refractivity contribution in [2.45, 2.75) is 12.5 Å². The molecule has 0 saturated heterocycles. The number of hydrogen-bond acceptors (Lipinski definition) is 6. The molecular weight excluding hydrogens is 322 g/mol. The maximum Gasteiger partial charge on any atom is 0.388 e. The van der Waals surface area contributed by atoms with E-state index < -0.39 is 18.0 Å². The molecule has 3 rings (SSSR count). The maximum absolute atomic E-state index is 12.0. The highest BCUT2D eigenvalue weighted by Crippen LogP contribution is 2.19. The predicted molar refractivity (Wildman–Crippen MR) is 92.3 cm³/mol. The minimum Gasteiger partial charge on any atom is -0.398 e. The molecule has 25 heavy (non-hydrogen) atoms. The van der Waals surface area contributed by atoms with Crippen LogP contribution in [0.3, 0.4) is 0 Å². The zero-order valence-electron chi connectivity index (χ0n) is 13.3. The number of rotatable bonds is 4. The van der Waals surface area contributed by atoms with E-state index in [4.69, 9.17) is 11.5 Å². The number of carbonyl (C=O) groups excluding carboxylic acids is 2. The predicted octanol–water partition coefficient (Wildman–Crippen LogP) is 1.94. The number of fused-ring (bicyclic) bond motifs is 1. The van der Waals surface area contributed by atoms with Crippen LogP contribution in [-0.4, -0.2) is 23.0 Å². The van der Waals surface area contributed by atoms with Crippen molar-refractivity contribution < 1.29 is 19.4 Å². The Morgan fingerprint density at radius 2 is 1.76 bits per heavy atom. The van der Waals surface area contributed by atoms with Crippen molar-refractivity contribution in [3.63, 3.8) is 0 Å². The molecule has 1 atom stereocenters. The van der Waals surface area contributed by atoms with Crippen molar-refractivity contribution in [2.75, 3.05) is 5.73 Å². The van der Waals surface area contributed by atoms with Crippen molar-refractivity contribution in [3.05, 3.63) is 65.9 Å². The second-order valence-corrected chi connectivity index (χ2v) is 5.53. The number of nitrogen functional groups attached to an aromatic ring is 1. The van der Waals surface area contributed by atoms with Crippen LogP contribution in [0.25, 0.3) is 10.9 Å². The molecule has 0 aliphatic heterocycles. The molecule has 0 aliphatic carbocycles. The summed E-state index contributed by atoms with van der Waals surface area (Å²) in [7, 11) is 0. The van der Waals surface area contributed by atoms with Gasteiger partial charge < -0.3 is 16.5 Å². The third-order valence-electron chi connectivity index (χ3n) is 3.80. The van der Waals surface area contributed by atoms with E-state index in [1.165, 1.54) is 6.07 Å². The molecule has 1 unspecified atom stereocenters. The van der Waals surface area contributed by atoms with Gasteiger partial charge in [0, 0.05) is 29.2 Å². The largest absolute Gasteiger partial charge is 0.398 e. The Balaban J connectivity index is 1.59. The Bertz CT molecular complexity index is 919. The molecule has 0 saturated carbocycles. The number of aromatic nitrogens is 1. The molecule has 7 nitrogen and oxygen atoms in total. The van der Waals surface area contributed by atoms with Gasteiger partial charge >= 0.3 is 11.9 Å². The van der Waals surface area contributed by atoms with Gasteiger partial charge in [-0.15, -0.1) is 0 Å². The lowest BCUT2D eigenvalue weighted by Crippen LogP contribution is -2.34. The van der Waals surface area contributed by atoms with Crippen LogP contribution in [0.4, 0.5) is 5.69 Å². The number of nitrogens with two attached hydrogens (primary N) is 2. The van der Waals surface area contributed by atoms with Gasteiger partial charge in [0.1, 0.15) is 6.04 Å². The number of benzene rings is 2. The molecule has 2 aromatic carbocycles. The third-order valence-corrected chi connectivity index (χ3v) is 3.80. The van der Waals surface area contributed by atoms with Crippen molar-refractivity contribution >= 4 is 28.5 Å². The van der Waals surface area contributed by atoms with Gasteiger partial charge in [0.2, 0.25) is 0 Å². The summed E-state index contributed by atoms with van der Waals surface area (Å²) >= 11 is 0. The van der Waals surface area contributed by atoms with Crippen molar-refractivity contribution in [3.8, 4) is 0 Å². The lowest BCUT2D eigenvalue weighted by molar-refractivity contribution is -0.235. The lowest BCUT2D eigenvalue weighted by Gasteiger charge is -2.10. The molecular formula is C18H17N3O4. The molecule has 0 amide bonds. The van der Waals surface area contributed by atoms with E-state index in [0.717, 1.165) is 16.5 Å². The van der Waals surface area contributed by atoms with Crippen LogP contribution < -0.4 is 11.5 Å². The first-order valence-corrected chi connectivity index (χ1v) is 7.64. The first-order chi connectivity index (χ1) is 12.1. The molecule has 128 valence electrons. The standard InChI is InChI=1S/C18H17N3O4/c19-14-7-3-1-6-13(14)17(22)24-25-18(23)15(20)9-11-10-21-16-8-4-2-5-12(11)16/h1-8,10,15,21H,9,19-20H2. The Hall–Kier alpha value is -3.32. The Morgan fingerprint density at radius 3 is 2.56 bits per heavy atom. The minimum atomic E-state index is -0.972. The van der Waals surface area contributed by atoms with E-state index in [-0.39, 0.29) is 17.7 Å². The van der Waals surface area contributed by atoms with Gasteiger partial charge in [-0.05, 0) is 23.8 Å². The molecule has 0 radical (unpaired) electrons. The number of para-hydroxylation sites is 2. The molecule has 0 bridgehead atoms. The van der Waals surface area contributed by atoms with Gasteiger partial charge in [0.25, 0.3) is 0 Å². The lowest BCUT2D eigenvalue weighted by atomic mass is 10.1. The number of carbonyl (C=O) groups is 2. The average molecular weight is 339 g/mol. The topological polar surface area (TPSA) is 120 Å². The number of aromatic amines is 1. The fourth-order valence-corrected chi connectivity index (χ4v) is 2.49. The van der Waals surface area contributed by atoms with Crippen LogP contribution in [0.2, 0.25) is 0 Å². The SMILES string of the molecule is Nc1ccccc1C(=O)OOC(=O)C(N)Cc1c[nH]c2ccccc12. The van der Waals surface area contributed by atoms with E-state index in [1.807, 2.05) is 24.3 Å². The zero-order chi connectivity index (χ0) is 17.8. The average Bonchev–Trinajstić information content (AvgIpc) is 3.03. The number of anilines is 1. The highest BCUT2D eigenvalue weighted by atomic mass is 17.2. The molecule has 0 aliphatic rings. The van der Waals surface area contributed by atoms with E-state index in [0.29, 0.717) is 0 Å². The molecule has 1 heterocycles. The van der Waals surface area contributed by atoms with E-state index in [2.05, 4.69) is 14.8 Å². The Labute approximate surface area is 143 Å². The van der Waals surface area contributed by atoms with Gasteiger partial charge in [-0.1, -0.05) is 30.3 Å². The summed E-state index contributed by atoms with van der Waals surface area (Å²) in [5.74, 6) is -1.70. The molecule has 5 N–H and O–H groups in total. The summed E-state index contributed by atoms with van der Waals surface area (Å²) in [4.78, 5) is 36.0. The van der Waals surface area contributed by atoms with Crippen LogP contribution in [0.5, 0.6) is 0 Å². The quantitative estimate of drug-likeness (QED) is 0.379. The number of nitrogens with one attached hydrogen (secondary N) is 1. The van der Waals surface area contributed by atoms with E-state index >= 15 is 0 Å².